The Hall–Kier alpha value is -0.880. The highest BCUT2D eigenvalue weighted by Crippen LogP contribution is 2.24. The van der Waals surface area contributed by atoms with Crippen molar-refractivity contribution in [2.75, 3.05) is 20.3 Å². The Balaban J connectivity index is 1.74. The van der Waals surface area contributed by atoms with Crippen LogP contribution >= 0.6 is 23.1 Å². The predicted molar refractivity (Wildman–Crippen MR) is 81.7 cm³/mol. The Morgan fingerprint density at radius 2 is 2.16 bits per heavy atom. The third-order valence-electron chi connectivity index (χ3n) is 2.60. The molecule has 0 atom stereocenters. The third-order valence-corrected chi connectivity index (χ3v) is 4.62. The monoisotopic (exact) mass is 294 g/mol. The summed E-state index contributed by atoms with van der Waals surface area (Å²) in [4.78, 5) is 6.70. The number of hydrogen-bond donors (Lipinski definition) is 1. The average molecular weight is 294 g/mol. The molecule has 0 aliphatic heterocycles. The molecule has 2 rings (SSSR count). The predicted octanol–water partition coefficient (Wildman–Crippen LogP) is 3.17. The number of ether oxygens (including phenoxy) is 1. The lowest BCUT2D eigenvalue weighted by Crippen LogP contribution is -2.18. The first-order valence-corrected chi connectivity index (χ1v) is 8.04. The maximum atomic E-state index is 5.00. The summed E-state index contributed by atoms with van der Waals surface area (Å²) in [6.07, 6.45) is 1.94. The normalized spacial score (nSPS) is 10.8. The van der Waals surface area contributed by atoms with Crippen molar-refractivity contribution in [1.29, 1.82) is 0 Å². The van der Waals surface area contributed by atoms with E-state index in [9.17, 15) is 0 Å². The molecule has 0 bridgehead atoms. The van der Waals surface area contributed by atoms with Crippen LogP contribution in [0.1, 0.15) is 10.4 Å². The molecule has 0 fully saturated rings. The highest BCUT2D eigenvalue weighted by molar-refractivity contribution is 7.98. The summed E-state index contributed by atoms with van der Waals surface area (Å²) in [5.41, 5.74) is 3.18. The minimum absolute atomic E-state index is 0.753. The SMILES string of the molecule is COCCNCc1ccc(SCc2cncs2)cc1. The van der Waals surface area contributed by atoms with Crippen molar-refractivity contribution in [3.8, 4) is 0 Å². The van der Waals surface area contributed by atoms with Gasteiger partial charge < -0.3 is 10.1 Å². The zero-order chi connectivity index (χ0) is 13.3. The molecule has 0 unspecified atom stereocenters. The van der Waals surface area contributed by atoms with Crippen molar-refractivity contribution in [2.45, 2.75) is 17.2 Å². The van der Waals surface area contributed by atoms with Crippen LogP contribution in [0.15, 0.2) is 40.9 Å². The van der Waals surface area contributed by atoms with E-state index in [1.807, 2.05) is 23.5 Å². The molecule has 0 radical (unpaired) electrons. The minimum Gasteiger partial charge on any atom is -0.383 e. The maximum absolute atomic E-state index is 5.00. The Morgan fingerprint density at radius 3 is 2.84 bits per heavy atom. The van der Waals surface area contributed by atoms with Crippen molar-refractivity contribution in [3.63, 3.8) is 0 Å². The molecule has 1 heterocycles. The van der Waals surface area contributed by atoms with Gasteiger partial charge in [0.2, 0.25) is 0 Å². The summed E-state index contributed by atoms with van der Waals surface area (Å²) in [5, 5.41) is 3.34. The summed E-state index contributed by atoms with van der Waals surface area (Å²) < 4.78 is 5.00. The molecular formula is C14H18N2OS2. The quantitative estimate of drug-likeness (QED) is 0.599. The van der Waals surface area contributed by atoms with Crippen LogP contribution in [0.5, 0.6) is 0 Å². The van der Waals surface area contributed by atoms with Crippen LogP contribution in [-0.2, 0) is 17.0 Å². The summed E-state index contributed by atoms with van der Waals surface area (Å²) in [7, 11) is 1.72. The first-order valence-electron chi connectivity index (χ1n) is 6.17. The van der Waals surface area contributed by atoms with Gasteiger partial charge in [-0.1, -0.05) is 12.1 Å². The second kappa shape index (κ2) is 8.32. The molecule has 1 aromatic carbocycles. The zero-order valence-corrected chi connectivity index (χ0v) is 12.6. The van der Waals surface area contributed by atoms with Gasteiger partial charge in [0, 0.05) is 41.9 Å². The lowest BCUT2D eigenvalue weighted by molar-refractivity contribution is 0.199. The lowest BCUT2D eigenvalue weighted by Gasteiger charge is -2.05. The largest absolute Gasteiger partial charge is 0.383 e. The van der Waals surface area contributed by atoms with Crippen LogP contribution < -0.4 is 5.32 Å². The van der Waals surface area contributed by atoms with Gasteiger partial charge in [0.25, 0.3) is 0 Å². The number of benzene rings is 1. The molecule has 0 saturated carbocycles. The van der Waals surface area contributed by atoms with Crippen LogP contribution in [0.3, 0.4) is 0 Å². The van der Waals surface area contributed by atoms with Crippen LogP contribution in [0.2, 0.25) is 0 Å². The van der Waals surface area contributed by atoms with Crippen molar-refractivity contribution >= 4 is 23.1 Å². The number of nitrogens with zero attached hydrogens (tertiary/aromatic N) is 1. The van der Waals surface area contributed by atoms with Crippen molar-refractivity contribution in [3.05, 3.63) is 46.4 Å². The minimum atomic E-state index is 0.753. The fourth-order valence-corrected chi connectivity index (χ4v) is 3.12. The van der Waals surface area contributed by atoms with Crippen LogP contribution in [0, 0.1) is 0 Å². The van der Waals surface area contributed by atoms with Gasteiger partial charge in [-0.05, 0) is 17.7 Å². The second-order valence-electron chi connectivity index (χ2n) is 4.07. The van der Waals surface area contributed by atoms with Crippen LogP contribution in [0.4, 0.5) is 0 Å². The highest BCUT2D eigenvalue weighted by atomic mass is 32.2. The number of methoxy groups -OCH3 is 1. The first-order chi connectivity index (χ1) is 9.38. The molecule has 3 nitrogen and oxygen atoms in total. The van der Waals surface area contributed by atoms with Gasteiger partial charge in [-0.3, -0.25) is 4.98 Å². The topological polar surface area (TPSA) is 34.1 Å². The van der Waals surface area contributed by atoms with E-state index in [0.29, 0.717) is 0 Å². The van der Waals surface area contributed by atoms with E-state index >= 15 is 0 Å². The van der Waals surface area contributed by atoms with E-state index in [1.165, 1.54) is 15.3 Å². The third kappa shape index (κ3) is 5.32. The van der Waals surface area contributed by atoms with Crippen molar-refractivity contribution < 1.29 is 4.74 Å². The number of hydrogen-bond acceptors (Lipinski definition) is 5. The fraction of sp³-hybridized carbons (Fsp3) is 0.357. The molecule has 0 spiro atoms. The van der Waals surface area contributed by atoms with E-state index in [1.54, 1.807) is 18.4 Å². The summed E-state index contributed by atoms with van der Waals surface area (Å²) in [5.74, 6) is 0.996. The molecule has 0 saturated heterocycles. The average Bonchev–Trinajstić information content (AvgIpc) is 2.96. The molecule has 2 aromatic rings. The Labute approximate surface area is 122 Å². The smallest absolute Gasteiger partial charge is 0.0794 e. The van der Waals surface area contributed by atoms with E-state index in [-0.39, 0.29) is 0 Å². The first kappa shape index (κ1) is 14.5. The standard InChI is InChI=1S/C14H18N2OS2/c1-17-7-6-15-8-12-2-4-13(5-3-12)18-10-14-9-16-11-19-14/h2-5,9,11,15H,6-8,10H2,1H3. The van der Waals surface area contributed by atoms with Gasteiger partial charge in [-0.15, -0.1) is 23.1 Å². The maximum Gasteiger partial charge on any atom is 0.0794 e. The van der Waals surface area contributed by atoms with E-state index in [2.05, 4.69) is 34.6 Å². The number of thioether (sulfide) groups is 1. The van der Waals surface area contributed by atoms with Crippen LogP contribution in [-0.4, -0.2) is 25.2 Å². The molecule has 0 amide bonds. The summed E-state index contributed by atoms with van der Waals surface area (Å²) in [6, 6.07) is 8.71. The van der Waals surface area contributed by atoms with Crippen LogP contribution in [0.25, 0.3) is 0 Å². The Kier molecular flexibility index (Phi) is 6.36. The second-order valence-corrected chi connectivity index (χ2v) is 6.09. The number of thiazole rings is 1. The highest BCUT2D eigenvalue weighted by Gasteiger charge is 1.98. The molecule has 0 aliphatic rings. The fourth-order valence-electron chi connectivity index (χ4n) is 1.58. The molecule has 5 heteroatoms. The van der Waals surface area contributed by atoms with Gasteiger partial charge in [0.15, 0.2) is 0 Å². The van der Waals surface area contributed by atoms with Gasteiger partial charge in [0.1, 0.15) is 0 Å². The number of nitrogens with one attached hydrogen (secondary N) is 1. The van der Waals surface area contributed by atoms with Gasteiger partial charge in [-0.25, -0.2) is 0 Å². The Bertz CT molecular complexity index is 457. The Morgan fingerprint density at radius 1 is 1.32 bits per heavy atom. The van der Waals surface area contributed by atoms with E-state index in [0.717, 1.165) is 25.4 Å². The van der Waals surface area contributed by atoms with E-state index in [4.69, 9.17) is 4.74 Å². The van der Waals surface area contributed by atoms with Crippen molar-refractivity contribution in [2.24, 2.45) is 0 Å². The summed E-state index contributed by atoms with van der Waals surface area (Å²) in [6.45, 7) is 2.53. The zero-order valence-electron chi connectivity index (χ0n) is 11.0. The lowest BCUT2D eigenvalue weighted by atomic mass is 10.2. The molecular weight excluding hydrogens is 276 g/mol. The van der Waals surface area contributed by atoms with E-state index < -0.39 is 0 Å². The molecule has 19 heavy (non-hydrogen) atoms. The van der Waals surface area contributed by atoms with Gasteiger partial charge in [-0.2, -0.15) is 0 Å². The number of rotatable bonds is 8. The van der Waals surface area contributed by atoms with Gasteiger partial charge in [0.05, 0.1) is 12.1 Å². The molecule has 1 aromatic heterocycles. The van der Waals surface area contributed by atoms with Crippen molar-refractivity contribution in [1.82, 2.24) is 10.3 Å². The molecule has 102 valence electrons. The molecule has 1 N–H and O–H groups in total. The number of aromatic nitrogens is 1. The molecule has 0 aliphatic carbocycles. The van der Waals surface area contributed by atoms with Gasteiger partial charge >= 0.3 is 0 Å². The summed E-state index contributed by atoms with van der Waals surface area (Å²) >= 11 is 3.56.